The highest BCUT2D eigenvalue weighted by Gasteiger charge is 2.18. The van der Waals surface area contributed by atoms with E-state index in [1.165, 1.54) is 18.2 Å². The summed E-state index contributed by atoms with van der Waals surface area (Å²) in [4.78, 5) is 12.5. The molecule has 0 fully saturated rings. The lowest BCUT2D eigenvalue weighted by Gasteiger charge is -2.20. The average molecular weight is 357 g/mol. The molecule has 1 aromatic heterocycles. The second kappa shape index (κ2) is 7.53. The Labute approximate surface area is 151 Å². The first-order valence-electron chi connectivity index (χ1n) is 7.97. The summed E-state index contributed by atoms with van der Waals surface area (Å²) in [5, 5.41) is 2.77. The zero-order valence-corrected chi connectivity index (χ0v) is 14.5. The van der Waals surface area contributed by atoms with Crippen molar-refractivity contribution in [3.8, 4) is 0 Å². The minimum Gasteiger partial charge on any atom is -0.346 e. The average Bonchev–Trinajstić information content (AvgIpc) is 3.10. The van der Waals surface area contributed by atoms with Gasteiger partial charge in [-0.05, 0) is 42.8 Å². The fraction of sp³-hybridized carbons (Fsp3) is 0.150. The number of nitrogens with one attached hydrogen (secondary N) is 1. The number of rotatable bonds is 5. The van der Waals surface area contributed by atoms with E-state index < -0.39 is 5.82 Å². The second-order valence-electron chi connectivity index (χ2n) is 5.94. The topological polar surface area (TPSA) is 34.0 Å². The number of amides is 1. The molecule has 3 rings (SSSR count). The lowest BCUT2D eigenvalue weighted by molar-refractivity contribution is -0.116. The summed E-state index contributed by atoms with van der Waals surface area (Å²) in [7, 11) is 0. The molecule has 0 bridgehead atoms. The molecule has 5 heteroatoms. The Morgan fingerprint density at radius 2 is 1.92 bits per heavy atom. The third kappa shape index (κ3) is 4.28. The van der Waals surface area contributed by atoms with Crippen molar-refractivity contribution in [1.82, 2.24) is 4.57 Å². The van der Waals surface area contributed by atoms with Crippen LogP contribution in [0, 0.1) is 12.7 Å². The molecule has 2 aromatic carbocycles. The summed E-state index contributed by atoms with van der Waals surface area (Å²) < 4.78 is 15.2. The Balaban J connectivity index is 1.80. The molecule has 1 amide bonds. The van der Waals surface area contributed by atoms with E-state index in [1.807, 2.05) is 54.2 Å². The van der Waals surface area contributed by atoms with Crippen LogP contribution in [0.5, 0.6) is 0 Å². The molecule has 1 unspecified atom stereocenters. The molecular formula is C20H18ClFN2O. The summed E-state index contributed by atoms with van der Waals surface area (Å²) in [5.74, 6) is -0.674. The molecule has 0 spiro atoms. The van der Waals surface area contributed by atoms with Gasteiger partial charge in [0.25, 0.3) is 0 Å². The van der Waals surface area contributed by atoms with Crippen LogP contribution in [-0.2, 0) is 4.79 Å². The smallest absolute Gasteiger partial charge is 0.226 e. The molecule has 0 saturated heterocycles. The molecule has 3 nitrogen and oxygen atoms in total. The molecule has 1 N–H and O–H groups in total. The quantitative estimate of drug-likeness (QED) is 0.669. The van der Waals surface area contributed by atoms with Crippen LogP contribution in [0.15, 0.2) is 67.0 Å². The van der Waals surface area contributed by atoms with Crippen LogP contribution < -0.4 is 5.32 Å². The van der Waals surface area contributed by atoms with E-state index >= 15 is 0 Å². The van der Waals surface area contributed by atoms with E-state index in [4.69, 9.17) is 11.6 Å². The van der Waals surface area contributed by atoms with Gasteiger partial charge in [0.05, 0.1) is 17.5 Å². The maximum absolute atomic E-state index is 13.2. The number of aromatic nitrogens is 1. The molecule has 0 aliphatic carbocycles. The first-order chi connectivity index (χ1) is 12.0. The predicted molar refractivity (Wildman–Crippen MR) is 98.4 cm³/mol. The first kappa shape index (κ1) is 17.2. The number of hydrogen-bond acceptors (Lipinski definition) is 1. The highest BCUT2D eigenvalue weighted by molar-refractivity contribution is 6.31. The van der Waals surface area contributed by atoms with Gasteiger partial charge in [0.15, 0.2) is 0 Å². The summed E-state index contributed by atoms with van der Waals surface area (Å²) in [6.45, 7) is 2.02. The van der Waals surface area contributed by atoms with Gasteiger partial charge in [-0.15, -0.1) is 0 Å². The van der Waals surface area contributed by atoms with Gasteiger partial charge in [-0.3, -0.25) is 4.79 Å². The van der Waals surface area contributed by atoms with Gasteiger partial charge in [-0.2, -0.15) is 0 Å². The molecule has 1 heterocycles. The van der Waals surface area contributed by atoms with E-state index in [2.05, 4.69) is 11.4 Å². The van der Waals surface area contributed by atoms with Gasteiger partial charge in [-0.1, -0.05) is 41.4 Å². The first-order valence-corrected chi connectivity index (χ1v) is 8.34. The van der Waals surface area contributed by atoms with Crippen LogP contribution in [0.2, 0.25) is 5.02 Å². The fourth-order valence-electron chi connectivity index (χ4n) is 2.79. The minimum absolute atomic E-state index is 0.0153. The van der Waals surface area contributed by atoms with Crippen molar-refractivity contribution in [3.05, 3.63) is 89.0 Å². The van der Waals surface area contributed by atoms with Crippen LogP contribution in [0.25, 0.3) is 0 Å². The number of carbonyl (C=O) groups is 1. The Hall–Kier alpha value is -2.59. The summed E-state index contributed by atoms with van der Waals surface area (Å²) in [6.07, 6.45) is 4.14. The normalized spacial score (nSPS) is 12.0. The number of anilines is 1. The summed E-state index contributed by atoms with van der Waals surface area (Å²) in [6, 6.07) is 16.0. The van der Waals surface area contributed by atoms with Crippen LogP contribution in [0.3, 0.4) is 0 Å². The lowest BCUT2D eigenvalue weighted by atomic mass is 10.0. The largest absolute Gasteiger partial charge is 0.346 e. The van der Waals surface area contributed by atoms with Crippen molar-refractivity contribution in [2.45, 2.75) is 19.4 Å². The zero-order chi connectivity index (χ0) is 17.8. The standard InChI is InChI=1S/C20H18ClFN2O/c1-14-5-4-6-15(11-14)19(24-9-2-3-10-24)13-20(25)23-16-7-8-18(22)17(21)12-16/h2-12,19H,13H2,1H3,(H,23,25). The van der Waals surface area contributed by atoms with Crippen LogP contribution >= 0.6 is 11.6 Å². The van der Waals surface area contributed by atoms with Gasteiger partial charge in [0, 0.05) is 18.1 Å². The van der Waals surface area contributed by atoms with E-state index in [0.29, 0.717) is 5.69 Å². The molecule has 3 aromatic rings. The van der Waals surface area contributed by atoms with Crippen molar-refractivity contribution in [3.63, 3.8) is 0 Å². The molecule has 25 heavy (non-hydrogen) atoms. The number of aryl methyl sites for hydroxylation is 1. The van der Waals surface area contributed by atoms with Crippen LogP contribution in [-0.4, -0.2) is 10.5 Å². The van der Waals surface area contributed by atoms with Gasteiger partial charge in [0.1, 0.15) is 5.82 Å². The van der Waals surface area contributed by atoms with Gasteiger partial charge < -0.3 is 9.88 Å². The highest BCUT2D eigenvalue weighted by Crippen LogP contribution is 2.25. The van der Waals surface area contributed by atoms with Crippen molar-refractivity contribution in [2.24, 2.45) is 0 Å². The van der Waals surface area contributed by atoms with Gasteiger partial charge in [0.2, 0.25) is 5.91 Å². The Morgan fingerprint density at radius 1 is 1.16 bits per heavy atom. The molecule has 0 aliphatic rings. The predicted octanol–water partition coefficient (Wildman–Crippen LogP) is 5.21. The molecule has 0 aliphatic heterocycles. The number of halogens is 2. The van der Waals surface area contributed by atoms with Crippen molar-refractivity contribution in [1.29, 1.82) is 0 Å². The fourth-order valence-corrected chi connectivity index (χ4v) is 2.97. The van der Waals surface area contributed by atoms with Crippen molar-refractivity contribution < 1.29 is 9.18 Å². The Bertz CT molecular complexity index is 877. The van der Waals surface area contributed by atoms with E-state index in [9.17, 15) is 9.18 Å². The number of benzene rings is 2. The number of carbonyl (C=O) groups excluding carboxylic acids is 1. The molecular weight excluding hydrogens is 339 g/mol. The monoisotopic (exact) mass is 356 g/mol. The summed E-state index contributed by atoms with van der Waals surface area (Å²) >= 11 is 5.77. The van der Waals surface area contributed by atoms with Crippen molar-refractivity contribution in [2.75, 3.05) is 5.32 Å². The van der Waals surface area contributed by atoms with Crippen molar-refractivity contribution >= 4 is 23.2 Å². The van der Waals surface area contributed by atoms with Crippen LogP contribution in [0.4, 0.5) is 10.1 Å². The third-order valence-electron chi connectivity index (χ3n) is 4.00. The lowest BCUT2D eigenvalue weighted by Crippen LogP contribution is -2.19. The van der Waals surface area contributed by atoms with E-state index in [1.54, 1.807) is 0 Å². The third-order valence-corrected chi connectivity index (χ3v) is 4.29. The van der Waals surface area contributed by atoms with Gasteiger partial charge >= 0.3 is 0 Å². The highest BCUT2D eigenvalue weighted by atomic mass is 35.5. The van der Waals surface area contributed by atoms with E-state index in [0.717, 1.165) is 11.1 Å². The second-order valence-corrected chi connectivity index (χ2v) is 6.35. The number of hydrogen-bond donors (Lipinski definition) is 1. The molecule has 0 radical (unpaired) electrons. The van der Waals surface area contributed by atoms with Crippen LogP contribution in [0.1, 0.15) is 23.6 Å². The number of nitrogens with zero attached hydrogens (tertiary/aromatic N) is 1. The summed E-state index contributed by atoms with van der Waals surface area (Å²) in [5.41, 5.74) is 2.68. The zero-order valence-electron chi connectivity index (χ0n) is 13.7. The Morgan fingerprint density at radius 3 is 2.60 bits per heavy atom. The SMILES string of the molecule is Cc1cccc(C(CC(=O)Nc2ccc(F)c(Cl)c2)n2cccc2)c1. The maximum atomic E-state index is 13.2. The molecule has 1 atom stereocenters. The molecule has 0 saturated carbocycles. The molecule has 128 valence electrons. The minimum atomic E-state index is -0.510. The van der Waals surface area contributed by atoms with Gasteiger partial charge in [-0.25, -0.2) is 4.39 Å². The maximum Gasteiger partial charge on any atom is 0.226 e. The van der Waals surface area contributed by atoms with E-state index in [-0.39, 0.29) is 23.4 Å². The Kier molecular flexibility index (Phi) is 5.19.